The zero-order valence-corrected chi connectivity index (χ0v) is 13.6. The lowest BCUT2D eigenvalue weighted by Gasteiger charge is -2.04. The Morgan fingerprint density at radius 1 is 0.850 bits per heavy atom. The molecule has 20 heavy (non-hydrogen) atoms. The molecule has 118 valence electrons. The van der Waals surface area contributed by atoms with E-state index in [1.807, 2.05) is 0 Å². The highest BCUT2D eigenvalue weighted by atomic mass is 16.4. The van der Waals surface area contributed by atoms with E-state index in [0.717, 1.165) is 18.8 Å². The van der Waals surface area contributed by atoms with Crippen LogP contribution in [0.1, 0.15) is 90.9 Å². The maximum absolute atomic E-state index is 10.6. The minimum Gasteiger partial charge on any atom is -0.478 e. The van der Waals surface area contributed by atoms with Crippen LogP contribution in [0.15, 0.2) is 12.2 Å². The van der Waals surface area contributed by atoms with Crippen LogP contribution in [0.3, 0.4) is 0 Å². The van der Waals surface area contributed by atoms with Gasteiger partial charge in [-0.1, -0.05) is 84.6 Å². The van der Waals surface area contributed by atoms with Crippen LogP contribution in [0.4, 0.5) is 0 Å². The van der Waals surface area contributed by atoms with Crippen molar-refractivity contribution in [1.82, 2.24) is 0 Å². The summed E-state index contributed by atoms with van der Waals surface area (Å²) >= 11 is 0. The minimum atomic E-state index is -0.845. The van der Waals surface area contributed by atoms with Gasteiger partial charge in [0, 0.05) is 5.57 Å². The van der Waals surface area contributed by atoms with Gasteiger partial charge < -0.3 is 5.11 Å². The van der Waals surface area contributed by atoms with E-state index < -0.39 is 5.97 Å². The van der Waals surface area contributed by atoms with Gasteiger partial charge in [0.1, 0.15) is 0 Å². The van der Waals surface area contributed by atoms with Crippen molar-refractivity contribution in [1.29, 1.82) is 0 Å². The van der Waals surface area contributed by atoms with Gasteiger partial charge >= 0.3 is 5.97 Å². The zero-order valence-electron chi connectivity index (χ0n) is 13.6. The predicted octanol–water partition coefficient (Wildman–Crippen LogP) is 5.96. The van der Waals surface area contributed by atoms with E-state index in [1.54, 1.807) is 0 Å². The first kappa shape index (κ1) is 19.2. The Morgan fingerprint density at radius 2 is 1.25 bits per heavy atom. The van der Waals surface area contributed by atoms with E-state index in [-0.39, 0.29) is 0 Å². The van der Waals surface area contributed by atoms with Crippen LogP contribution in [0.5, 0.6) is 0 Å². The minimum absolute atomic E-state index is 0.353. The van der Waals surface area contributed by atoms with Gasteiger partial charge in [-0.05, 0) is 18.8 Å². The largest absolute Gasteiger partial charge is 0.478 e. The molecule has 0 heterocycles. The van der Waals surface area contributed by atoms with E-state index in [4.69, 9.17) is 5.11 Å². The first-order valence-corrected chi connectivity index (χ1v) is 8.45. The van der Waals surface area contributed by atoms with Crippen molar-refractivity contribution in [3.05, 3.63) is 12.2 Å². The molecular formula is C18H34O2. The number of hydrogen-bond donors (Lipinski definition) is 1. The van der Waals surface area contributed by atoms with Crippen LogP contribution < -0.4 is 0 Å². The molecule has 0 rings (SSSR count). The number of aliphatic carboxylic acids is 1. The molecule has 0 atom stereocenters. The van der Waals surface area contributed by atoms with Crippen molar-refractivity contribution in [3.63, 3.8) is 0 Å². The lowest BCUT2D eigenvalue weighted by molar-refractivity contribution is -0.132. The van der Waals surface area contributed by atoms with Gasteiger partial charge in [-0.2, -0.15) is 0 Å². The summed E-state index contributed by atoms with van der Waals surface area (Å²) in [5, 5.41) is 8.67. The van der Waals surface area contributed by atoms with Crippen LogP contribution >= 0.6 is 0 Å². The van der Waals surface area contributed by atoms with Crippen LogP contribution in [-0.2, 0) is 4.79 Å². The van der Waals surface area contributed by atoms with Crippen LogP contribution in [0.2, 0.25) is 0 Å². The third-order valence-corrected chi connectivity index (χ3v) is 3.81. The molecule has 0 aliphatic rings. The highest BCUT2D eigenvalue weighted by Crippen LogP contribution is 2.14. The Balaban J connectivity index is 3.10. The van der Waals surface area contributed by atoms with Gasteiger partial charge in [0.15, 0.2) is 0 Å². The summed E-state index contributed by atoms with van der Waals surface area (Å²) in [6.07, 6.45) is 14.9. The van der Waals surface area contributed by atoms with Crippen molar-refractivity contribution >= 4 is 5.97 Å². The number of carboxylic acids is 1. The van der Waals surface area contributed by atoms with E-state index in [0.29, 0.717) is 12.0 Å². The van der Waals surface area contributed by atoms with E-state index in [1.165, 1.54) is 57.8 Å². The summed E-state index contributed by atoms with van der Waals surface area (Å²) in [6.45, 7) is 8.14. The average molecular weight is 282 g/mol. The highest BCUT2D eigenvalue weighted by Gasteiger charge is 2.02. The predicted molar refractivity (Wildman–Crippen MR) is 87.0 cm³/mol. The molecule has 2 nitrogen and oxygen atoms in total. The van der Waals surface area contributed by atoms with Crippen molar-refractivity contribution < 1.29 is 9.90 Å². The van der Waals surface area contributed by atoms with Gasteiger partial charge in [-0.3, -0.25) is 0 Å². The normalized spacial score (nSPS) is 10.9. The molecule has 0 aliphatic carbocycles. The topological polar surface area (TPSA) is 37.3 Å². The van der Waals surface area contributed by atoms with Crippen LogP contribution in [-0.4, -0.2) is 11.1 Å². The van der Waals surface area contributed by atoms with Gasteiger partial charge in [0.2, 0.25) is 0 Å². The van der Waals surface area contributed by atoms with Gasteiger partial charge in [0.05, 0.1) is 0 Å². The van der Waals surface area contributed by atoms with Crippen LogP contribution in [0.25, 0.3) is 0 Å². The molecule has 0 saturated heterocycles. The molecule has 0 saturated carbocycles. The first-order chi connectivity index (χ1) is 9.54. The highest BCUT2D eigenvalue weighted by molar-refractivity contribution is 5.85. The van der Waals surface area contributed by atoms with Crippen LogP contribution in [0, 0.1) is 5.92 Å². The summed E-state index contributed by atoms with van der Waals surface area (Å²) in [4.78, 5) is 10.6. The summed E-state index contributed by atoms with van der Waals surface area (Å²) in [5.41, 5.74) is 0.353. The maximum atomic E-state index is 10.6. The summed E-state index contributed by atoms with van der Waals surface area (Å²) in [7, 11) is 0. The third-order valence-electron chi connectivity index (χ3n) is 3.81. The second-order valence-electron chi connectivity index (χ2n) is 6.38. The number of carboxylic acid groups (broad SMARTS) is 1. The molecule has 0 spiro atoms. The SMILES string of the molecule is C=C(CCCCCCCCCCCCC(C)C)C(=O)O. The monoisotopic (exact) mass is 282 g/mol. The summed E-state index contributed by atoms with van der Waals surface area (Å²) < 4.78 is 0. The fourth-order valence-electron chi connectivity index (χ4n) is 2.41. The maximum Gasteiger partial charge on any atom is 0.330 e. The quantitative estimate of drug-likeness (QED) is 0.315. The fourth-order valence-corrected chi connectivity index (χ4v) is 2.41. The molecule has 0 unspecified atom stereocenters. The van der Waals surface area contributed by atoms with Gasteiger partial charge in [-0.15, -0.1) is 0 Å². The van der Waals surface area contributed by atoms with Gasteiger partial charge in [0.25, 0.3) is 0 Å². The smallest absolute Gasteiger partial charge is 0.330 e. The standard InChI is InChI=1S/C18H34O2/c1-16(2)14-12-10-8-6-4-5-7-9-11-13-15-17(3)18(19)20/h16H,3-15H2,1-2H3,(H,19,20). The van der Waals surface area contributed by atoms with Crippen molar-refractivity contribution in [2.75, 3.05) is 0 Å². The number of carbonyl (C=O) groups is 1. The molecule has 0 aliphatic heterocycles. The van der Waals surface area contributed by atoms with E-state index in [9.17, 15) is 4.79 Å². The Labute approximate surface area is 125 Å². The summed E-state index contributed by atoms with van der Waals surface area (Å²) in [6, 6.07) is 0. The zero-order chi connectivity index (χ0) is 15.2. The molecule has 0 aromatic carbocycles. The Morgan fingerprint density at radius 3 is 1.65 bits per heavy atom. The number of unbranched alkanes of at least 4 members (excludes halogenated alkanes) is 9. The Bertz CT molecular complexity index is 256. The molecule has 0 radical (unpaired) electrons. The Kier molecular flexibility index (Phi) is 12.7. The third kappa shape index (κ3) is 13.6. The molecule has 0 amide bonds. The lowest BCUT2D eigenvalue weighted by atomic mass is 10.0. The van der Waals surface area contributed by atoms with Crippen molar-refractivity contribution in [3.8, 4) is 0 Å². The first-order valence-electron chi connectivity index (χ1n) is 8.45. The fraction of sp³-hybridized carbons (Fsp3) is 0.833. The summed E-state index contributed by atoms with van der Waals surface area (Å²) in [5.74, 6) is 0.00896. The van der Waals surface area contributed by atoms with Gasteiger partial charge in [-0.25, -0.2) is 4.79 Å². The van der Waals surface area contributed by atoms with Crippen molar-refractivity contribution in [2.24, 2.45) is 5.92 Å². The average Bonchev–Trinajstić information content (AvgIpc) is 2.39. The van der Waals surface area contributed by atoms with E-state index >= 15 is 0 Å². The number of hydrogen-bond acceptors (Lipinski definition) is 1. The molecular weight excluding hydrogens is 248 g/mol. The molecule has 2 heteroatoms. The molecule has 0 aromatic rings. The molecule has 0 bridgehead atoms. The van der Waals surface area contributed by atoms with Crippen molar-refractivity contribution in [2.45, 2.75) is 90.9 Å². The number of rotatable bonds is 14. The lowest BCUT2D eigenvalue weighted by Crippen LogP contribution is -1.98. The molecule has 1 N–H and O–H groups in total. The molecule has 0 aromatic heterocycles. The van der Waals surface area contributed by atoms with E-state index in [2.05, 4.69) is 20.4 Å². The Hall–Kier alpha value is -0.790. The second-order valence-corrected chi connectivity index (χ2v) is 6.38. The molecule has 0 fully saturated rings. The second kappa shape index (κ2) is 13.2.